The molecule has 0 amide bonds. The molecule has 0 aliphatic rings. The molecule has 1 unspecified atom stereocenters. The van der Waals surface area contributed by atoms with Crippen LogP contribution < -0.4 is 5.30 Å². The van der Waals surface area contributed by atoms with Gasteiger partial charge in [-0.1, -0.05) is 62.4 Å². The normalized spacial score (nSPS) is 11.3. The monoisotopic (exact) mass is 417 g/mol. The van der Waals surface area contributed by atoms with Crippen LogP contribution in [0.1, 0.15) is 62.4 Å². The molecule has 1 radical (unpaired) electrons. The predicted molar refractivity (Wildman–Crippen MR) is 123 cm³/mol. The Hall–Kier alpha value is -2.90. The first-order chi connectivity index (χ1) is 14.4. The SMILES string of the molecule is CCc1cccc(CC)c1C(=O)c1ccccc1[P](=O)C(=O)c1c(C)cccc1C. The second-order valence-electron chi connectivity index (χ2n) is 7.37. The minimum Gasteiger partial charge on any atom is -0.289 e. The third-order valence-corrected chi connectivity index (χ3v) is 6.89. The molecule has 0 spiro atoms. The maximum Gasteiger partial charge on any atom is 0.247 e. The van der Waals surface area contributed by atoms with E-state index in [4.69, 9.17) is 0 Å². The zero-order valence-electron chi connectivity index (χ0n) is 17.9. The molecule has 0 fully saturated rings. The molecule has 0 saturated heterocycles. The fourth-order valence-electron chi connectivity index (χ4n) is 3.87. The minimum absolute atomic E-state index is 0.169. The fraction of sp³-hybridized carbons (Fsp3) is 0.231. The van der Waals surface area contributed by atoms with Crippen molar-refractivity contribution in [1.29, 1.82) is 0 Å². The minimum atomic E-state index is -2.43. The number of hydrogen-bond donors (Lipinski definition) is 0. The van der Waals surface area contributed by atoms with Gasteiger partial charge in [0.05, 0.1) is 5.30 Å². The molecule has 0 aromatic heterocycles. The number of benzene rings is 3. The number of ketones is 1. The van der Waals surface area contributed by atoms with Crippen LogP contribution in [0.3, 0.4) is 0 Å². The number of rotatable bonds is 7. The van der Waals surface area contributed by atoms with Gasteiger partial charge in [0.2, 0.25) is 5.52 Å². The summed E-state index contributed by atoms with van der Waals surface area (Å²) in [6.45, 7) is 7.71. The third kappa shape index (κ3) is 4.04. The zero-order chi connectivity index (χ0) is 21.8. The van der Waals surface area contributed by atoms with Crippen molar-refractivity contribution >= 4 is 24.4 Å². The summed E-state index contributed by atoms with van der Waals surface area (Å²) in [5, 5.41) is 0.304. The smallest absolute Gasteiger partial charge is 0.247 e. The van der Waals surface area contributed by atoms with Gasteiger partial charge in [-0.2, -0.15) is 0 Å². The summed E-state index contributed by atoms with van der Waals surface area (Å²) in [7, 11) is -2.43. The van der Waals surface area contributed by atoms with E-state index in [0.29, 0.717) is 22.0 Å². The highest BCUT2D eigenvalue weighted by molar-refractivity contribution is 7.71. The van der Waals surface area contributed by atoms with Gasteiger partial charge in [-0.15, -0.1) is 0 Å². The van der Waals surface area contributed by atoms with Gasteiger partial charge in [-0.05, 0) is 61.1 Å². The maximum absolute atomic E-state index is 13.6. The van der Waals surface area contributed by atoms with Gasteiger partial charge in [0, 0.05) is 16.7 Å². The molecule has 0 aliphatic carbocycles. The molecule has 3 aromatic carbocycles. The number of aryl methyl sites for hydroxylation is 4. The van der Waals surface area contributed by atoms with Crippen molar-refractivity contribution in [3.8, 4) is 0 Å². The van der Waals surface area contributed by atoms with Crippen LogP contribution in [-0.2, 0) is 17.4 Å². The van der Waals surface area contributed by atoms with Crippen molar-refractivity contribution in [2.45, 2.75) is 40.5 Å². The van der Waals surface area contributed by atoms with Crippen LogP contribution in [0.15, 0.2) is 60.7 Å². The quantitative estimate of drug-likeness (QED) is 0.352. The van der Waals surface area contributed by atoms with E-state index in [1.165, 1.54) is 0 Å². The lowest BCUT2D eigenvalue weighted by Crippen LogP contribution is -2.18. The molecule has 1 atom stereocenters. The first-order valence-electron chi connectivity index (χ1n) is 10.2. The number of carbonyl (C=O) groups excluding carboxylic acids is 2. The Morgan fingerprint density at radius 1 is 0.733 bits per heavy atom. The van der Waals surface area contributed by atoms with Crippen molar-refractivity contribution in [2.75, 3.05) is 0 Å². The molecule has 153 valence electrons. The number of hydrogen-bond acceptors (Lipinski definition) is 3. The van der Waals surface area contributed by atoms with E-state index in [-0.39, 0.29) is 5.78 Å². The fourth-order valence-corrected chi connectivity index (χ4v) is 5.27. The van der Waals surface area contributed by atoms with E-state index in [1.807, 2.05) is 64.1 Å². The summed E-state index contributed by atoms with van der Waals surface area (Å²) in [6, 6.07) is 18.2. The van der Waals surface area contributed by atoms with E-state index >= 15 is 0 Å². The number of carbonyl (C=O) groups is 2. The molecule has 3 aromatic rings. The second-order valence-corrected chi connectivity index (χ2v) is 8.85. The molecule has 0 aliphatic heterocycles. The van der Waals surface area contributed by atoms with Gasteiger partial charge in [0.1, 0.15) is 0 Å². The van der Waals surface area contributed by atoms with Gasteiger partial charge in [-0.25, -0.2) is 0 Å². The van der Waals surface area contributed by atoms with Crippen LogP contribution in [-0.4, -0.2) is 11.3 Å². The zero-order valence-corrected chi connectivity index (χ0v) is 18.8. The van der Waals surface area contributed by atoms with Gasteiger partial charge in [0.25, 0.3) is 0 Å². The first kappa shape index (κ1) is 21.8. The summed E-state index contributed by atoms with van der Waals surface area (Å²) in [5.74, 6) is -0.169. The Morgan fingerprint density at radius 3 is 1.83 bits per heavy atom. The van der Waals surface area contributed by atoms with E-state index in [0.717, 1.165) is 35.1 Å². The third-order valence-electron chi connectivity index (χ3n) is 5.47. The van der Waals surface area contributed by atoms with Gasteiger partial charge in [-0.3, -0.25) is 14.2 Å². The van der Waals surface area contributed by atoms with Crippen LogP contribution in [0, 0.1) is 13.8 Å². The lowest BCUT2D eigenvalue weighted by molar-refractivity contribution is 0.103. The van der Waals surface area contributed by atoms with E-state index in [1.54, 1.807) is 24.3 Å². The molecule has 0 heterocycles. The Kier molecular flexibility index (Phi) is 6.74. The molecule has 0 N–H and O–H groups in total. The van der Waals surface area contributed by atoms with Crippen molar-refractivity contribution in [3.05, 3.63) is 99.6 Å². The molecule has 0 bridgehead atoms. The highest BCUT2D eigenvalue weighted by Gasteiger charge is 2.27. The highest BCUT2D eigenvalue weighted by Crippen LogP contribution is 2.32. The lowest BCUT2D eigenvalue weighted by Gasteiger charge is -2.15. The summed E-state index contributed by atoms with van der Waals surface area (Å²) in [5.41, 5.74) is 4.56. The molecule has 0 saturated carbocycles. The maximum atomic E-state index is 13.6. The van der Waals surface area contributed by atoms with Crippen LogP contribution in [0.5, 0.6) is 0 Å². The first-order valence-corrected chi connectivity index (χ1v) is 11.5. The molecule has 3 rings (SSSR count). The van der Waals surface area contributed by atoms with Crippen molar-refractivity contribution in [1.82, 2.24) is 0 Å². The van der Waals surface area contributed by atoms with E-state index < -0.39 is 13.3 Å². The molecule has 3 nitrogen and oxygen atoms in total. The summed E-state index contributed by atoms with van der Waals surface area (Å²) >= 11 is 0. The predicted octanol–water partition coefficient (Wildman–Crippen LogP) is 5.95. The summed E-state index contributed by atoms with van der Waals surface area (Å²) in [4.78, 5) is 26.7. The Bertz CT molecular complexity index is 1100. The Morgan fingerprint density at radius 2 is 1.27 bits per heavy atom. The Balaban J connectivity index is 2.11. The molecule has 4 heteroatoms. The van der Waals surface area contributed by atoms with Gasteiger partial charge in [0.15, 0.2) is 13.6 Å². The largest absolute Gasteiger partial charge is 0.289 e. The van der Waals surface area contributed by atoms with E-state index in [2.05, 4.69) is 0 Å². The second kappa shape index (κ2) is 9.28. The van der Waals surface area contributed by atoms with Crippen molar-refractivity contribution in [3.63, 3.8) is 0 Å². The van der Waals surface area contributed by atoms with Gasteiger partial charge >= 0.3 is 0 Å². The summed E-state index contributed by atoms with van der Waals surface area (Å²) in [6.07, 6.45) is 1.45. The van der Waals surface area contributed by atoms with Crippen LogP contribution in [0.4, 0.5) is 0 Å². The van der Waals surface area contributed by atoms with Crippen LogP contribution >= 0.6 is 7.80 Å². The Labute approximate surface area is 178 Å². The lowest BCUT2D eigenvalue weighted by atomic mass is 9.91. The van der Waals surface area contributed by atoms with Crippen molar-refractivity contribution < 1.29 is 14.2 Å². The molecular weight excluding hydrogens is 391 g/mol. The van der Waals surface area contributed by atoms with Crippen LogP contribution in [0.2, 0.25) is 0 Å². The average molecular weight is 417 g/mol. The molecular formula is C26H26O3P. The highest BCUT2D eigenvalue weighted by atomic mass is 31.1. The topological polar surface area (TPSA) is 51.2 Å². The van der Waals surface area contributed by atoms with E-state index in [9.17, 15) is 14.2 Å². The standard InChI is InChI=1S/C26H26O3P/c1-5-19-13-10-14-20(6-2)24(19)25(27)21-15-7-8-16-22(21)30(29)26(28)23-17(3)11-9-12-18(23)4/h7-16H,5-6H2,1-4H3. The van der Waals surface area contributed by atoms with Gasteiger partial charge < -0.3 is 0 Å². The van der Waals surface area contributed by atoms with Crippen LogP contribution in [0.25, 0.3) is 0 Å². The average Bonchev–Trinajstić information content (AvgIpc) is 2.77. The molecule has 30 heavy (non-hydrogen) atoms. The summed E-state index contributed by atoms with van der Waals surface area (Å²) < 4.78 is 13.4. The van der Waals surface area contributed by atoms with Crippen molar-refractivity contribution in [2.24, 2.45) is 0 Å².